The molecule has 0 spiro atoms. The van der Waals surface area contributed by atoms with Gasteiger partial charge in [-0.25, -0.2) is 4.98 Å². The van der Waals surface area contributed by atoms with E-state index in [2.05, 4.69) is 20.0 Å². The molecular formula is C23H26N6O3. The molecule has 3 aromatic heterocycles. The van der Waals surface area contributed by atoms with E-state index in [1.54, 1.807) is 36.5 Å². The van der Waals surface area contributed by atoms with Gasteiger partial charge >= 0.3 is 0 Å². The van der Waals surface area contributed by atoms with Gasteiger partial charge in [-0.1, -0.05) is 18.0 Å². The van der Waals surface area contributed by atoms with Crippen LogP contribution in [-0.4, -0.2) is 56.7 Å². The van der Waals surface area contributed by atoms with Gasteiger partial charge in [-0.15, -0.1) is 0 Å². The molecule has 0 aromatic carbocycles. The normalized spacial score (nSPS) is 17.2. The van der Waals surface area contributed by atoms with Gasteiger partial charge in [-0.3, -0.25) is 9.59 Å². The van der Waals surface area contributed by atoms with Crippen LogP contribution in [-0.2, 0) is 7.05 Å². The highest BCUT2D eigenvalue weighted by molar-refractivity contribution is 5.94. The summed E-state index contributed by atoms with van der Waals surface area (Å²) in [5.41, 5.74) is 0.772. The molecule has 2 fully saturated rings. The van der Waals surface area contributed by atoms with Gasteiger partial charge in [0.25, 0.3) is 11.5 Å². The fourth-order valence-electron chi connectivity index (χ4n) is 4.47. The molecule has 1 saturated carbocycles. The third-order valence-corrected chi connectivity index (χ3v) is 6.40. The van der Waals surface area contributed by atoms with Crippen LogP contribution < -0.4 is 10.5 Å². The molecule has 166 valence electrons. The van der Waals surface area contributed by atoms with E-state index in [9.17, 15) is 9.59 Å². The van der Waals surface area contributed by atoms with Gasteiger partial charge in [0.05, 0.1) is 0 Å². The summed E-state index contributed by atoms with van der Waals surface area (Å²) in [6.07, 6.45) is 8.09. The van der Waals surface area contributed by atoms with Crippen LogP contribution in [0.4, 0.5) is 5.82 Å². The standard InChI is InChI=1S/C23H26N6O3/c1-27-10-4-7-18(22(27)30)23(31)29-13-11-28(12-14-29)19-9-8-17(15-24-19)20-25-21(32-26-20)16-5-2-3-6-16/h4,7-10,15-16H,2-3,5-6,11-14H2,1H3. The number of piperazine rings is 1. The van der Waals surface area contributed by atoms with Crippen LogP contribution in [0.15, 0.2) is 46.0 Å². The van der Waals surface area contributed by atoms with Crippen LogP contribution >= 0.6 is 0 Å². The maximum atomic E-state index is 12.8. The van der Waals surface area contributed by atoms with Crippen molar-refractivity contribution in [3.63, 3.8) is 0 Å². The second-order valence-electron chi connectivity index (χ2n) is 8.46. The number of anilines is 1. The van der Waals surface area contributed by atoms with Crippen LogP contribution in [0.3, 0.4) is 0 Å². The molecule has 1 aliphatic carbocycles. The quantitative estimate of drug-likeness (QED) is 0.622. The zero-order valence-corrected chi connectivity index (χ0v) is 18.1. The number of carbonyl (C=O) groups is 1. The molecule has 9 nitrogen and oxygen atoms in total. The Hall–Kier alpha value is -3.49. The fourth-order valence-corrected chi connectivity index (χ4v) is 4.47. The molecule has 1 amide bonds. The molecule has 0 atom stereocenters. The summed E-state index contributed by atoms with van der Waals surface area (Å²) in [6, 6.07) is 7.21. The minimum Gasteiger partial charge on any atom is -0.353 e. The third-order valence-electron chi connectivity index (χ3n) is 6.40. The average molecular weight is 435 g/mol. The summed E-state index contributed by atoms with van der Waals surface area (Å²) in [6.45, 7) is 2.38. The number of nitrogens with zero attached hydrogens (tertiary/aromatic N) is 6. The van der Waals surface area contributed by atoms with E-state index in [4.69, 9.17) is 4.52 Å². The molecule has 5 rings (SSSR count). The van der Waals surface area contributed by atoms with Gasteiger partial charge in [0.15, 0.2) is 0 Å². The van der Waals surface area contributed by atoms with Crippen molar-refractivity contribution in [2.45, 2.75) is 31.6 Å². The van der Waals surface area contributed by atoms with Crippen molar-refractivity contribution in [3.05, 3.63) is 58.5 Å². The Morgan fingerprint density at radius 2 is 1.88 bits per heavy atom. The minimum absolute atomic E-state index is 0.211. The molecule has 3 aromatic rings. The summed E-state index contributed by atoms with van der Waals surface area (Å²) in [5.74, 6) is 2.32. The summed E-state index contributed by atoms with van der Waals surface area (Å²) in [7, 11) is 1.65. The van der Waals surface area contributed by atoms with Crippen molar-refractivity contribution < 1.29 is 9.32 Å². The number of pyridine rings is 2. The highest BCUT2D eigenvalue weighted by Gasteiger charge is 2.25. The maximum Gasteiger partial charge on any atom is 0.263 e. The number of carbonyl (C=O) groups excluding carboxylic acids is 1. The van der Waals surface area contributed by atoms with Gasteiger partial charge in [0, 0.05) is 57.1 Å². The van der Waals surface area contributed by atoms with Crippen LogP contribution in [0.1, 0.15) is 47.8 Å². The molecule has 1 aliphatic heterocycles. The van der Waals surface area contributed by atoms with Crippen molar-refractivity contribution in [2.24, 2.45) is 7.05 Å². The first kappa shape index (κ1) is 20.4. The van der Waals surface area contributed by atoms with E-state index >= 15 is 0 Å². The zero-order chi connectivity index (χ0) is 22.1. The molecule has 2 aliphatic rings. The van der Waals surface area contributed by atoms with E-state index in [1.165, 1.54) is 17.4 Å². The number of aromatic nitrogens is 4. The van der Waals surface area contributed by atoms with Crippen LogP contribution in [0.2, 0.25) is 0 Å². The molecule has 0 bridgehead atoms. The van der Waals surface area contributed by atoms with E-state index < -0.39 is 0 Å². The molecule has 1 saturated heterocycles. The second-order valence-corrected chi connectivity index (χ2v) is 8.46. The lowest BCUT2D eigenvalue weighted by Gasteiger charge is -2.35. The van der Waals surface area contributed by atoms with E-state index in [0.29, 0.717) is 37.9 Å². The van der Waals surface area contributed by atoms with Gasteiger partial charge in [0.2, 0.25) is 11.7 Å². The van der Waals surface area contributed by atoms with Crippen molar-refractivity contribution in [1.82, 2.24) is 24.6 Å². The molecule has 0 radical (unpaired) electrons. The number of hydrogen-bond donors (Lipinski definition) is 0. The Bertz CT molecular complexity index is 1150. The first-order chi connectivity index (χ1) is 15.6. The zero-order valence-electron chi connectivity index (χ0n) is 18.1. The van der Waals surface area contributed by atoms with Crippen LogP contribution in [0, 0.1) is 0 Å². The van der Waals surface area contributed by atoms with Crippen molar-refractivity contribution in [2.75, 3.05) is 31.1 Å². The van der Waals surface area contributed by atoms with Gasteiger partial charge in [-0.05, 0) is 37.1 Å². The Labute approximate surface area is 185 Å². The number of amides is 1. The number of hydrogen-bond acceptors (Lipinski definition) is 7. The van der Waals surface area contributed by atoms with Gasteiger partial charge in [0.1, 0.15) is 11.4 Å². The molecule has 9 heteroatoms. The van der Waals surface area contributed by atoms with Crippen molar-refractivity contribution >= 4 is 11.7 Å². The molecule has 0 N–H and O–H groups in total. The van der Waals surface area contributed by atoms with Crippen molar-refractivity contribution in [3.8, 4) is 11.4 Å². The first-order valence-electron chi connectivity index (χ1n) is 11.1. The monoisotopic (exact) mass is 434 g/mol. The summed E-state index contributed by atoms with van der Waals surface area (Å²) < 4.78 is 6.90. The highest BCUT2D eigenvalue weighted by atomic mass is 16.5. The predicted molar refractivity (Wildman–Crippen MR) is 119 cm³/mol. The van der Waals surface area contributed by atoms with Crippen molar-refractivity contribution in [1.29, 1.82) is 0 Å². The average Bonchev–Trinajstić information content (AvgIpc) is 3.53. The Kier molecular flexibility index (Phi) is 5.46. The maximum absolute atomic E-state index is 12.8. The van der Waals surface area contributed by atoms with Gasteiger partial charge < -0.3 is 18.9 Å². The van der Waals surface area contributed by atoms with Crippen LogP contribution in [0.25, 0.3) is 11.4 Å². The lowest BCUT2D eigenvalue weighted by atomic mass is 10.1. The summed E-state index contributed by atoms with van der Waals surface area (Å²) in [5, 5.41) is 4.13. The minimum atomic E-state index is -0.269. The smallest absolute Gasteiger partial charge is 0.263 e. The first-order valence-corrected chi connectivity index (χ1v) is 11.1. The molecule has 32 heavy (non-hydrogen) atoms. The van der Waals surface area contributed by atoms with E-state index in [0.717, 1.165) is 30.1 Å². The molecular weight excluding hydrogens is 408 g/mol. The summed E-state index contributed by atoms with van der Waals surface area (Å²) >= 11 is 0. The number of aryl methyl sites for hydroxylation is 1. The summed E-state index contributed by atoms with van der Waals surface area (Å²) in [4.78, 5) is 38.0. The lowest BCUT2D eigenvalue weighted by molar-refractivity contribution is 0.0744. The topological polar surface area (TPSA) is 97.4 Å². The SMILES string of the molecule is Cn1cccc(C(=O)N2CCN(c3ccc(-c4noc(C5CCCC5)n4)cn3)CC2)c1=O. The van der Waals surface area contributed by atoms with Gasteiger partial charge in [-0.2, -0.15) is 4.98 Å². The fraction of sp³-hybridized carbons (Fsp3) is 0.435. The van der Waals surface area contributed by atoms with E-state index in [-0.39, 0.29) is 17.0 Å². The second kappa shape index (κ2) is 8.57. The molecule has 4 heterocycles. The molecule has 0 unspecified atom stereocenters. The Balaban J connectivity index is 1.22. The third kappa shape index (κ3) is 3.90. The van der Waals surface area contributed by atoms with E-state index in [1.807, 2.05) is 12.1 Å². The van der Waals surface area contributed by atoms with Crippen LogP contribution in [0.5, 0.6) is 0 Å². The predicted octanol–water partition coefficient (Wildman–Crippen LogP) is 2.45. The Morgan fingerprint density at radius 1 is 1.09 bits per heavy atom. The highest BCUT2D eigenvalue weighted by Crippen LogP contribution is 2.33. The Morgan fingerprint density at radius 3 is 2.59 bits per heavy atom. The lowest BCUT2D eigenvalue weighted by Crippen LogP contribution is -2.50. The number of rotatable bonds is 4. The largest absolute Gasteiger partial charge is 0.353 e.